The summed E-state index contributed by atoms with van der Waals surface area (Å²) in [4.78, 5) is 3.64. The normalized spacial score (nSPS) is 12.4. The van der Waals surface area contributed by atoms with Gasteiger partial charge in [0.2, 0.25) is 5.88 Å². The number of pyridine rings is 1. The molecule has 17 heavy (non-hydrogen) atoms. The molecule has 0 aliphatic rings. The summed E-state index contributed by atoms with van der Waals surface area (Å²) in [7, 11) is 1.52. The minimum Gasteiger partial charge on any atom is -0.471 e. The average Bonchev–Trinajstić information content (AvgIpc) is 2.25. The highest BCUT2D eigenvalue weighted by atomic mass is 19.4. The Morgan fingerprint density at radius 2 is 1.88 bits per heavy atom. The highest BCUT2D eigenvalue weighted by Crippen LogP contribution is 2.35. The van der Waals surface area contributed by atoms with Gasteiger partial charge in [0.15, 0.2) is 6.61 Å². The van der Waals surface area contributed by atoms with Crippen LogP contribution in [0.2, 0.25) is 0 Å². The van der Waals surface area contributed by atoms with Gasteiger partial charge in [-0.05, 0) is 6.07 Å². The standard InChI is InChI=1S/C9H9F5N2O/c1-15-6-3-2-4-7(16-6)17-5-8(10,11)9(12,13)14/h2-4H,5H2,1H3,(H,15,16). The first-order valence-corrected chi connectivity index (χ1v) is 4.48. The summed E-state index contributed by atoms with van der Waals surface area (Å²) in [5.74, 6) is -4.90. The molecule has 0 radical (unpaired) electrons. The van der Waals surface area contributed by atoms with E-state index in [1.165, 1.54) is 25.2 Å². The number of rotatable bonds is 4. The van der Waals surface area contributed by atoms with Crippen LogP contribution >= 0.6 is 0 Å². The van der Waals surface area contributed by atoms with Crippen LogP contribution in [0, 0.1) is 0 Å². The lowest BCUT2D eigenvalue weighted by molar-refractivity contribution is -0.290. The highest BCUT2D eigenvalue weighted by molar-refractivity contribution is 5.35. The number of hydrogen-bond acceptors (Lipinski definition) is 3. The molecule has 0 fully saturated rings. The van der Waals surface area contributed by atoms with Gasteiger partial charge < -0.3 is 10.1 Å². The fourth-order valence-electron chi connectivity index (χ4n) is 0.881. The fourth-order valence-corrected chi connectivity index (χ4v) is 0.881. The number of halogens is 5. The molecule has 0 amide bonds. The smallest absolute Gasteiger partial charge is 0.456 e. The molecule has 0 aliphatic heterocycles. The molecule has 0 aliphatic carbocycles. The Hall–Kier alpha value is -1.60. The molecule has 0 unspecified atom stereocenters. The maximum Gasteiger partial charge on any atom is 0.456 e. The molecule has 0 aromatic carbocycles. The van der Waals surface area contributed by atoms with Gasteiger partial charge in [0.1, 0.15) is 5.82 Å². The third-order valence-corrected chi connectivity index (χ3v) is 1.80. The summed E-state index contributed by atoms with van der Waals surface area (Å²) in [6.45, 7) is -1.79. The molecule has 8 heteroatoms. The second-order valence-electron chi connectivity index (χ2n) is 3.10. The lowest BCUT2D eigenvalue weighted by Gasteiger charge is -2.19. The van der Waals surface area contributed by atoms with Crippen molar-refractivity contribution in [2.75, 3.05) is 19.0 Å². The van der Waals surface area contributed by atoms with E-state index < -0.39 is 18.7 Å². The van der Waals surface area contributed by atoms with Crippen LogP contribution < -0.4 is 10.1 Å². The molecule has 0 spiro atoms. The minimum atomic E-state index is -5.63. The molecule has 0 saturated carbocycles. The van der Waals surface area contributed by atoms with E-state index >= 15 is 0 Å². The number of ether oxygens (including phenoxy) is 1. The monoisotopic (exact) mass is 256 g/mol. The lowest BCUT2D eigenvalue weighted by atomic mass is 10.3. The van der Waals surface area contributed by atoms with Crippen LogP contribution in [-0.2, 0) is 0 Å². The van der Waals surface area contributed by atoms with Crippen molar-refractivity contribution < 1.29 is 26.7 Å². The van der Waals surface area contributed by atoms with E-state index in [1.807, 2.05) is 0 Å². The zero-order valence-electron chi connectivity index (χ0n) is 8.68. The third kappa shape index (κ3) is 3.43. The summed E-state index contributed by atoms with van der Waals surface area (Å²) in [6, 6.07) is 4.11. The van der Waals surface area contributed by atoms with E-state index in [-0.39, 0.29) is 5.88 Å². The summed E-state index contributed by atoms with van der Waals surface area (Å²) >= 11 is 0. The minimum absolute atomic E-state index is 0.304. The molecule has 0 bridgehead atoms. The molecule has 1 N–H and O–H groups in total. The zero-order chi connectivity index (χ0) is 13.1. The molecule has 1 aromatic rings. The second-order valence-corrected chi connectivity index (χ2v) is 3.10. The van der Waals surface area contributed by atoms with Crippen LogP contribution in [-0.4, -0.2) is 30.7 Å². The Morgan fingerprint density at radius 3 is 2.41 bits per heavy atom. The van der Waals surface area contributed by atoms with Gasteiger partial charge in [0, 0.05) is 13.1 Å². The third-order valence-electron chi connectivity index (χ3n) is 1.80. The summed E-state index contributed by atoms with van der Waals surface area (Å²) in [6.07, 6.45) is -5.63. The predicted octanol–water partition coefficient (Wildman–Crippen LogP) is 2.70. The first kappa shape index (κ1) is 13.5. The van der Waals surface area contributed by atoms with Crippen LogP contribution in [0.3, 0.4) is 0 Å². The maximum absolute atomic E-state index is 12.5. The first-order valence-electron chi connectivity index (χ1n) is 4.48. The van der Waals surface area contributed by atoms with E-state index in [0.29, 0.717) is 5.82 Å². The summed E-state index contributed by atoms with van der Waals surface area (Å²) in [5, 5.41) is 2.59. The molecule has 0 saturated heterocycles. The number of hydrogen-bond donors (Lipinski definition) is 1. The van der Waals surface area contributed by atoms with E-state index in [2.05, 4.69) is 15.0 Å². The number of nitrogens with one attached hydrogen (secondary N) is 1. The Bertz CT molecular complexity index is 380. The molecule has 1 heterocycles. The average molecular weight is 256 g/mol. The second kappa shape index (κ2) is 4.72. The van der Waals surface area contributed by atoms with Gasteiger partial charge in [-0.15, -0.1) is 0 Å². The molecule has 3 nitrogen and oxygen atoms in total. The van der Waals surface area contributed by atoms with Gasteiger partial charge in [0.05, 0.1) is 0 Å². The zero-order valence-corrected chi connectivity index (χ0v) is 8.68. The van der Waals surface area contributed by atoms with Crippen LogP contribution in [0.5, 0.6) is 5.88 Å². The van der Waals surface area contributed by atoms with Gasteiger partial charge in [-0.2, -0.15) is 26.9 Å². The van der Waals surface area contributed by atoms with Crippen molar-refractivity contribution in [2.45, 2.75) is 12.1 Å². The van der Waals surface area contributed by atoms with Crippen LogP contribution in [0.25, 0.3) is 0 Å². The van der Waals surface area contributed by atoms with E-state index in [0.717, 1.165) is 0 Å². The Morgan fingerprint density at radius 1 is 1.24 bits per heavy atom. The van der Waals surface area contributed by atoms with Crippen molar-refractivity contribution in [2.24, 2.45) is 0 Å². The largest absolute Gasteiger partial charge is 0.471 e. The highest BCUT2D eigenvalue weighted by Gasteiger charge is 2.58. The maximum atomic E-state index is 12.5. The van der Waals surface area contributed by atoms with Crippen molar-refractivity contribution in [1.82, 2.24) is 4.98 Å². The molecule has 0 atom stereocenters. The summed E-state index contributed by atoms with van der Waals surface area (Å²) < 4.78 is 64.8. The number of anilines is 1. The SMILES string of the molecule is CNc1cccc(OCC(F)(F)C(F)(F)F)n1. The number of nitrogens with zero attached hydrogens (tertiary/aromatic N) is 1. The van der Waals surface area contributed by atoms with E-state index in [4.69, 9.17) is 0 Å². The predicted molar refractivity (Wildman–Crippen MR) is 50.3 cm³/mol. The van der Waals surface area contributed by atoms with Crippen molar-refractivity contribution in [3.63, 3.8) is 0 Å². The molecular formula is C9H9F5N2O. The van der Waals surface area contributed by atoms with Crippen molar-refractivity contribution >= 4 is 5.82 Å². The number of alkyl halides is 5. The molecule has 1 aromatic heterocycles. The van der Waals surface area contributed by atoms with Crippen LogP contribution in [0.15, 0.2) is 18.2 Å². The lowest BCUT2D eigenvalue weighted by Crippen LogP contribution is -2.41. The van der Waals surface area contributed by atoms with E-state index in [9.17, 15) is 22.0 Å². The van der Waals surface area contributed by atoms with E-state index in [1.54, 1.807) is 0 Å². The van der Waals surface area contributed by atoms with Crippen molar-refractivity contribution in [3.8, 4) is 5.88 Å². The fraction of sp³-hybridized carbons (Fsp3) is 0.444. The van der Waals surface area contributed by atoms with Crippen LogP contribution in [0.1, 0.15) is 0 Å². The first-order chi connectivity index (χ1) is 7.76. The van der Waals surface area contributed by atoms with Gasteiger partial charge >= 0.3 is 12.1 Å². The van der Waals surface area contributed by atoms with Gasteiger partial charge in [-0.1, -0.05) is 6.07 Å². The molecular weight excluding hydrogens is 247 g/mol. The quantitative estimate of drug-likeness (QED) is 0.841. The summed E-state index contributed by atoms with van der Waals surface area (Å²) in [5.41, 5.74) is 0. The van der Waals surface area contributed by atoms with Gasteiger partial charge in [-0.25, -0.2) is 0 Å². The van der Waals surface area contributed by atoms with Crippen LogP contribution in [0.4, 0.5) is 27.8 Å². The molecule has 1 rings (SSSR count). The Labute approximate surface area is 93.6 Å². The van der Waals surface area contributed by atoms with Gasteiger partial charge in [0.25, 0.3) is 0 Å². The van der Waals surface area contributed by atoms with Crippen molar-refractivity contribution in [1.29, 1.82) is 0 Å². The number of aromatic nitrogens is 1. The Balaban J connectivity index is 2.67. The van der Waals surface area contributed by atoms with Crippen molar-refractivity contribution in [3.05, 3.63) is 18.2 Å². The Kier molecular flexibility index (Phi) is 3.74. The molecule has 96 valence electrons. The topological polar surface area (TPSA) is 34.1 Å². The van der Waals surface area contributed by atoms with Gasteiger partial charge in [-0.3, -0.25) is 0 Å².